The van der Waals surface area contributed by atoms with E-state index in [2.05, 4.69) is 20.3 Å². The average molecular weight is 725 g/mol. The second-order valence-corrected chi connectivity index (χ2v) is 14.2. The number of halogens is 6. The molecule has 11 nitrogen and oxygen atoms in total. The molecule has 0 bridgehead atoms. The van der Waals surface area contributed by atoms with Gasteiger partial charge in [-0.25, -0.2) is 8.78 Å². The van der Waals surface area contributed by atoms with Crippen molar-refractivity contribution < 1.29 is 36.2 Å². The quantitative estimate of drug-likeness (QED) is 0.244. The molecule has 0 radical (unpaired) electrons. The van der Waals surface area contributed by atoms with Gasteiger partial charge in [0, 0.05) is 49.6 Å². The molecule has 3 N–H and O–H groups in total. The molecule has 270 valence electrons. The Morgan fingerprint density at radius 3 is 2.78 bits per heavy atom. The number of nitrogens with one attached hydrogen (secondary N) is 1. The van der Waals surface area contributed by atoms with Crippen LogP contribution < -0.4 is 20.7 Å². The highest BCUT2D eigenvalue weighted by atomic mass is 35.5. The van der Waals surface area contributed by atoms with Crippen molar-refractivity contribution in [1.29, 1.82) is 0 Å². The Balaban J connectivity index is 1.26. The van der Waals surface area contributed by atoms with Crippen LogP contribution in [0.4, 0.5) is 33.5 Å². The minimum atomic E-state index is -4.99. The molecule has 1 amide bonds. The summed E-state index contributed by atoms with van der Waals surface area (Å²) in [5.41, 5.74) is 4.41. The Hall–Kier alpha value is -3.76. The summed E-state index contributed by atoms with van der Waals surface area (Å²) in [5, 5.41) is 6.63. The number of ether oxygens (including phenoxy) is 2. The highest BCUT2D eigenvalue weighted by Crippen LogP contribution is 2.46. The zero-order valence-electron chi connectivity index (χ0n) is 27.6. The number of amides is 1. The summed E-state index contributed by atoms with van der Waals surface area (Å²) >= 11 is 5.99. The number of aromatic nitrogens is 4. The summed E-state index contributed by atoms with van der Waals surface area (Å²) in [6.45, 7) is 6.04. The second kappa shape index (κ2) is 13.1. The highest BCUT2D eigenvalue weighted by Gasteiger charge is 2.49. The lowest BCUT2D eigenvalue weighted by molar-refractivity contribution is -0.140. The molecule has 2 aromatic heterocycles. The number of nitrogens with zero attached hydrogens (tertiary/aromatic N) is 6. The van der Waals surface area contributed by atoms with E-state index < -0.39 is 51.6 Å². The average Bonchev–Trinajstić information content (AvgIpc) is 3.67. The molecule has 3 atom stereocenters. The van der Waals surface area contributed by atoms with Gasteiger partial charge in [-0.05, 0) is 51.8 Å². The molecule has 1 aromatic carbocycles. The number of anilines is 2. The third kappa shape index (κ3) is 6.45. The number of carbonyl (C=O) groups excluding carboxylic acids is 1. The molecule has 17 heteroatoms. The Bertz CT molecular complexity index is 1810. The largest absolute Gasteiger partial charge is 0.461 e. The van der Waals surface area contributed by atoms with E-state index in [0.29, 0.717) is 56.1 Å². The molecule has 4 aliphatic heterocycles. The van der Waals surface area contributed by atoms with Gasteiger partial charge < -0.3 is 25.4 Å². The van der Waals surface area contributed by atoms with Crippen LogP contribution in [0.2, 0.25) is 5.02 Å². The third-order valence-corrected chi connectivity index (χ3v) is 10.2. The topological polar surface area (TPSA) is 124 Å². The van der Waals surface area contributed by atoms with Gasteiger partial charge in [-0.1, -0.05) is 11.6 Å². The van der Waals surface area contributed by atoms with Crippen LogP contribution in [0.1, 0.15) is 84.2 Å². The standard InChI is InChI=1S/C33H38ClF5N8O3/c1-17(2)41-30(48)24-9-19-14-45(6-4-8-47(19)44-24)29-20-15-49-25(26-27(33(37,38)39)21(34)10-22(40)28(26)36)11-23(20)42-31(43-29)50-16-32-5-3-7-46(32)13-18(35)12-32/h9-10,17-18,25H,3-8,11-16,40H2,1-2H3,(H,41,48)/t18-,25-,32+/m1/s1. The molecule has 0 unspecified atom stereocenters. The maximum atomic E-state index is 15.4. The lowest BCUT2D eigenvalue weighted by atomic mass is 9.93. The van der Waals surface area contributed by atoms with Crippen molar-refractivity contribution in [2.75, 3.05) is 36.9 Å². The van der Waals surface area contributed by atoms with Gasteiger partial charge in [0.25, 0.3) is 5.91 Å². The van der Waals surface area contributed by atoms with E-state index in [-0.39, 0.29) is 43.3 Å². The number of nitrogen functional groups attached to an aromatic ring is 1. The number of rotatable bonds is 7. The number of nitrogens with two attached hydrogens (primary N) is 1. The molecule has 50 heavy (non-hydrogen) atoms. The Morgan fingerprint density at radius 1 is 1.22 bits per heavy atom. The predicted octanol–water partition coefficient (Wildman–Crippen LogP) is 5.38. The van der Waals surface area contributed by atoms with Crippen LogP contribution in [-0.4, -0.2) is 74.5 Å². The maximum Gasteiger partial charge on any atom is 0.418 e. The van der Waals surface area contributed by atoms with Crippen LogP contribution in [0.15, 0.2) is 12.1 Å². The van der Waals surface area contributed by atoms with Crippen molar-refractivity contribution in [2.24, 2.45) is 0 Å². The lowest BCUT2D eigenvalue weighted by Gasteiger charge is -2.33. The smallest absolute Gasteiger partial charge is 0.418 e. The van der Waals surface area contributed by atoms with Crippen LogP contribution >= 0.6 is 11.6 Å². The third-order valence-electron chi connectivity index (χ3n) is 9.94. The fourth-order valence-corrected chi connectivity index (χ4v) is 8.06. The summed E-state index contributed by atoms with van der Waals surface area (Å²) in [4.78, 5) is 26.2. The lowest BCUT2D eigenvalue weighted by Crippen LogP contribution is -2.43. The van der Waals surface area contributed by atoms with Crippen molar-refractivity contribution in [3.63, 3.8) is 0 Å². The van der Waals surface area contributed by atoms with E-state index in [1.165, 1.54) is 0 Å². The molecule has 2 saturated heterocycles. The monoisotopic (exact) mass is 724 g/mol. The number of benzene rings is 1. The van der Waals surface area contributed by atoms with E-state index >= 15 is 4.39 Å². The molecule has 0 aliphatic carbocycles. The van der Waals surface area contributed by atoms with Gasteiger partial charge in [-0.2, -0.15) is 28.2 Å². The molecule has 3 aromatic rings. The van der Waals surface area contributed by atoms with E-state index in [1.54, 1.807) is 10.7 Å². The van der Waals surface area contributed by atoms with E-state index in [9.17, 15) is 22.4 Å². The molecule has 7 rings (SSSR count). The summed E-state index contributed by atoms with van der Waals surface area (Å²) in [7, 11) is 0. The van der Waals surface area contributed by atoms with Crippen LogP contribution in [0, 0.1) is 5.82 Å². The minimum absolute atomic E-state index is 0.0280. The molecular weight excluding hydrogens is 687 g/mol. The first-order chi connectivity index (χ1) is 23.7. The van der Waals surface area contributed by atoms with Crippen molar-refractivity contribution >= 4 is 29.0 Å². The SMILES string of the molecule is CC(C)NC(=O)c1cc2n(n1)CCCN(c1nc(OC[C@@]34CCCN3C[C@H](F)C4)nc3c1CO[C@@H](c1c(F)c(N)cc(Cl)c1C(F)(F)F)C3)C2. The number of hydrogen-bond acceptors (Lipinski definition) is 9. The zero-order chi connectivity index (χ0) is 35.5. The van der Waals surface area contributed by atoms with Gasteiger partial charge in [0.15, 0.2) is 11.5 Å². The molecule has 6 heterocycles. The first-order valence-corrected chi connectivity index (χ1v) is 17.1. The Labute approximate surface area is 290 Å². The van der Waals surface area contributed by atoms with Gasteiger partial charge in [-0.3, -0.25) is 14.4 Å². The molecule has 4 aliphatic rings. The fourth-order valence-electron chi connectivity index (χ4n) is 7.74. The van der Waals surface area contributed by atoms with Crippen molar-refractivity contribution in [3.8, 4) is 6.01 Å². The van der Waals surface area contributed by atoms with Crippen molar-refractivity contribution in [2.45, 2.75) is 95.7 Å². The normalized spacial score (nSPS) is 23.8. The zero-order valence-corrected chi connectivity index (χ0v) is 28.4. The Kier molecular flexibility index (Phi) is 9.08. The van der Waals surface area contributed by atoms with Crippen molar-refractivity contribution in [1.82, 2.24) is 30.0 Å². The van der Waals surface area contributed by atoms with Crippen LogP contribution in [0.25, 0.3) is 0 Å². The van der Waals surface area contributed by atoms with Gasteiger partial charge >= 0.3 is 12.2 Å². The minimum Gasteiger partial charge on any atom is -0.461 e. The molecule has 0 spiro atoms. The predicted molar refractivity (Wildman–Crippen MR) is 173 cm³/mol. The number of fused-ring (bicyclic) bond motifs is 3. The van der Waals surface area contributed by atoms with E-state index in [0.717, 1.165) is 31.1 Å². The van der Waals surface area contributed by atoms with Gasteiger partial charge in [-0.15, -0.1) is 0 Å². The van der Waals surface area contributed by atoms with E-state index in [1.807, 2.05) is 18.7 Å². The molecule has 0 saturated carbocycles. The van der Waals surface area contributed by atoms with Gasteiger partial charge in [0.05, 0.1) is 52.5 Å². The van der Waals surface area contributed by atoms with Gasteiger partial charge in [0.2, 0.25) is 0 Å². The second-order valence-electron chi connectivity index (χ2n) is 13.8. The molecule has 2 fully saturated rings. The Morgan fingerprint density at radius 2 is 2.02 bits per heavy atom. The van der Waals surface area contributed by atoms with Crippen molar-refractivity contribution in [3.05, 3.63) is 56.7 Å². The summed E-state index contributed by atoms with van der Waals surface area (Å²) in [6.07, 6.45) is -5.04. The fraction of sp³-hybridized carbons (Fsp3) is 0.576. The number of alkyl halides is 4. The maximum absolute atomic E-state index is 15.4. The van der Waals surface area contributed by atoms with Crippen LogP contribution in [0.5, 0.6) is 6.01 Å². The van der Waals surface area contributed by atoms with Gasteiger partial charge in [0.1, 0.15) is 18.6 Å². The number of hydrogen-bond donors (Lipinski definition) is 2. The highest BCUT2D eigenvalue weighted by molar-refractivity contribution is 6.31. The number of carbonyl (C=O) groups is 1. The summed E-state index contributed by atoms with van der Waals surface area (Å²) in [5.74, 6) is -1.12. The summed E-state index contributed by atoms with van der Waals surface area (Å²) < 4.78 is 86.6. The first kappa shape index (κ1) is 34.7. The molecular formula is C33H38ClF5N8O3. The van der Waals surface area contributed by atoms with Crippen LogP contribution in [-0.2, 0) is 37.0 Å². The summed E-state index contributed by atoms with van der Waals surface area (Å²) in [6, 6.07) is 2.36. The van der Waals surface area contributed by atoms with E-state index in [4.69, 9.17) is 31.8 Å². The number of aryl methyl sites for hydroxylation is 1. The first-order valence-electron chi connectivity index (χ1n) is 16.7. The van der Waals surface area contributed by atoms with Crippen LogP contribution in [0.3, 0.4) is 0 Å².